The molecule has 0 radical (unpaired) electrons. The summed E-state index contributed by atoms with van der Waals surface area (Å²) in [5.41, 5.74) is 3.12. The number of fused-ring (bicyclic) bond motifs is 1. The smallest absolute Gasteiger partial charge is 0.449 e. The number of phosphoric ester groups is 1. The van der Waals surface area contributed by atoms with Gasteiger partial charge in [0.2, 0.25) is 0 Å². The van der Waals surface area contributed by atoms with Crippen molar-refractivity contribution in [3.8, 4) is 0 Å². The predicted octanol–water partition coefficient (Wildman–Crippen LogP) is 2.19. The van der Waals surface area contributed by atoms with E-state index in [0.29, 0.717) is 0 Å². The zero-order valence-corrected chi connectivity index (χ0v) is 13.2. The number of carbonyl (C=O) groups excluding carboxylic acids is 1. The summed E-state index contributed by atoms with van der Waals surface area (Å²) in [6.07, 6.45) is 3.06. The first kappa shape index (κ1) is 17.4. The Morgan fingerprint density at radius 2 is 2.13 bits per heavy atom. The van der Waals surface area contributed by atoms with Crippen molar-refractivity contribution in [3.05, 3.63) is 53.6 Å². The molecule has 1 aromatic carbocycles. The van der Waals surface area contributed by atoms with Crippen LogP contribution in [-0.4, -0.2) is 35.6 Å². The lowest BCUT2D eigenvalue weighted by atomic mass is 9.97. The number of ether oxygens (including phenoxy) is 1. The third-order valence-corrected chi connectivity index (χ3v) is 3.86. The Balaban J connectivity index is 1.81. The standard InChI is InChI=1S/C15H18NO6P/c1-2-11-9-12-5-3-4-6-13(12)14(11)10-21-15(17)16-7-8-22-23(18,19)20/h2-6,9,14H,1,7-8,10H2,(H,16,17)(H2,18,19,20). The van der Waals surface area contributed by atoms with Crippen molar-refractivity contribution < 1.29 is 28.4 Å². The van der Waals surface area contributed by atoms with E-state index >= 15 is 0 Å². The molecular formula is C15H18NO6P. The van der Waals surface area contributed by atoms with Crippen LogP contribution in [0.15, 0.2) is 42.5 Å². The van der Waals surface area contributed by atoms with E-state index < -0.39 is 13.9 Å². The van der Waals surface area contributed by atoms with E-state index in [2.05, 4.69) is 16.4 Å². The largest absolute Gasteiger partial charge is 0.469 e. The summed E-state index contributed by atoms with van der Waals surface area (Å²) in [5, 5.41) is 2.36. The Hall–Kier alpha value is -1.92. The van der Waals surface area contributed by atoms with Crippen LogP contribution in [0.25, 0.3) is 6.08 Å². The summed E-state index contributed by atoms with van der Waals surface area (Å²) in [6, 6.07) is 7.82. The first-order chi connectivity index (χ1) is 10.9. The molecule has 0 fully saturated rings. The molecule has 0 spiro atoms. The summed E-state index contributed by atoms with van der Waals surface area (Å²) in [6.45, 7) is 3.56. The number of allylic oxidation sites excluding steroid dienone is 1. The summed E-state index contributed by atoms with van der Waals surface area (Å²) >= 11 is 0. The molecule has 1 aliphatic carbocycles. The van der Waals surface area contributed by atoms with Crippen LogP contribution < -0.4 is 5.32 Å². The Morgan fingerprint density at radius 3 is 2.83 bits per heavy atom. The second kappa shape index (κ2) is 7.57. The molecule has 0 heterocycles. The molecule has 8 heteroatoms. The summed E-state index contributed by atoms with van der Waals surface area (Å²) in [4.78, 5) is 28.6. The number of hydrogen-bond acceptors (Lipinski definition) is 4. The minimum absolute atomic E-state index is 0.0602. The third-order valence-electron chi connectivity index (χ3n) is 3.34. The number of nitrogens with one attached hydrogen (secondary N) is 1. The predicted molar refractivity (Wildman–Crippen MR) is 84.7 cm³/mol. The fourth-order valence-electron chi connectivity index (χ4n) is 2.33. The molecular weight excluding hydrogens is 321 g/mol. The number of alkyl carbamates (subject to hydrolysis) is 1. The van der Waals surface area contributed by atoms with E-state index in [4.69, 9.17) is 14.5 Å². The molecule has 1 aromatic rings. The molecule has 23 heavy (non-hydrogen) atoms. The van der Waals surface area contributed by atoms with Gasteiger partial charge in [0.25, 0.3) is 0 Å². The summed E-state index contributed by atoms with van der Waals surface area (Å²) < 4.78 is 19.8. The lowest BCUT2D eigenvalue weighted by Gasteiger charge is -2.15. The van der Waals surface area contributed by atoms with Gasteiger partial charge < -0.3 is 19.8 Å². The van der Waals surface area contributed by atoms with E-state index in [1.165, 1.54) is 0 Å². The SMILES string of the molecule is C=CC1=Cc2ccccc2C1COC(=O)NCCOP(=O)(O)O. The van der Waals surface area contributed by atoms with Crippen molar-refractivity contribution in [2.45, 2.75) is 5.92 Å². The zero-order chi connectivity index (χ0) is 16.9. The molecule has 3 N–H and O–H groups in total. The highest BCUT2D eigenvalue weighted by Gasteiger charge is 2.24. The first-order valence-electron chi connectivity index (χ1n) is 6.94. The van der Waals surface area contributed by atoms with Crippen molar-refractivity contribution in [3.63, 3.8) is 0 Å². The number of amides is 1. The number of benzene rings is 1. The van der Waals surface area contributed by atoms with Crippen molar-refractivity contribution in [1.82, 2.24) is 5.32 Å². The minimum atomic E-state index is -4.52. The average molecular weight is 339 g/mol. The average Bonchev–Trinajstić information content (AvgIpc) is 2.86. The molecule has 2 rings (SSSR count). The van der Waals surface area contributed by atoms with Crippen molar-refractivity contribution in [2.75, 3.05) is 19.8 Å². The molecule has 0 bridgehead atoms. The molecule has 0 aliphatic heterocycles. The third kappa shape index (κ3) is 5.04. The topological polar surface area (TPSA) is 105 Å². The second-order valence-electron chi connectivity index (χ2n) is 4.88. The van der Waals surface area contributed by atoms with E-state index in [1.807, 2.05) is 30.3 Å². The van der Waals surface area contributed by atoms with Gasteiger partial charge in [-0.05, 0) is 16.7 Å². The molecule has 124 valence electrons. The van der Waals surface area contributed by atoms with Crippen LogP contribution in [0, 0.1) is 0 Å². The van der Waals surface area contributed by atoms with Crippen LogP contribution in [0.2, 0.25) is 0 Å². The van der Waals surface area contributed by atoms with E-state index in [1.54, 1.807) is 6.08 Å². The van der Waals surface area contributed by atoms with Crippen LogP contribution in [0.1, 0.15) is 17.0 Å². The molecule has 0 saturated carbocycles. The Kier molecular flexibility index (Phi) is 5.74. The van der Waals surface area contributed by atoms with Gasteiger partial charge in [-0.15, -0.1) is 0 Å². The van der Waals surface area contributed by atoms with Crippen molar-refractivity contribution in [2.24, 2.45) is 0 Å². The highest BCUT2D eigenvalue weighted by molar-refractivity contribution is 7.46. The van der Waals surface area contributed by atoms with Crippen LogP contribution >= 0.6 is 7.82 Å². The Labute approximate surface area is 133 Å². The van der Waals surface area contributed by atoms with E-state index in [9.17, 15) is 9.36 Å². The highest BCUT2D eigenvalue weighted by Crippen LogP contribution is 2.37. The second-order valence-corrected chi connectivity index (χ2v) is 6.12. The molecule has 1 atom stereocenters. The molecule has 1 unspecified atom stereocenters. The fourth-order valence-corrected chi connectivity index (χ4v) is 2.66. The van der Waals surface area contributed by atoms with Gasteiger partial charge in [0.15, 0.2) is 0 Å². The Morgan fingerprint density at radius 1 is 1.39 bits per heavy atom. The van der Waals surface area contributed by atoms with Gasteiger partial charge >= 0.3 is 13.9 Å². The minimum Gasteiger partial charge on any atom is -0.449 e. The van der Waals surface area contributed by atoms with Crippen LogP contribution in [0.5, 0.6) is 0 Å². The van der Waals surface area contributed by atoms with Gasteiger partial charge in [-0.3, -0.25) is 4.52 Å². The lowest BCUT2D eigenvalue weighted by molar-refractivity contribution is 0.138. The molecule has 1 aliphatic rings. The number of carbonyl (C=O) groups is 1. The van der Waals surface area contributed by atoms with Gasteiger partial charge in [0.1, 0.15) is 6.61 Å². The molecule has 1 amide bonds. The Bertz CT molecular complexity index is 666. The maximum Gasteiger partial charge on any atom is 0.469 e. The van der Waals surface area contributed by atoms with Gasteiger partial charge in [0.05, 0.1) is 6.61 Å². The van der Waals surface area contributed by atoms with Crippen molar-refractivity contribution in [1.29, 1.82) is 0 Å². The monoisotopic (exact) mass is 339 g/mol. The molecule has 7 nitrogen and oxygen atoms in total. The summed E-state index contributed by atoms with van der Waals surface area (Å²) in [5.74, 6) is -0.0687. The van der Waals surface area contributed by atoms with Crippen LogP contribution in [-0.2, 0) is 13.8 Å². The lowest BCUT2D eigenvalue weighted by Crippen LogP contribution is -2.29. The normalized spacial score (nSPS) is 16.4. The van der Waals surface area contributed by atoms with Gasteiger partial charge in [-0.2, -0.15) is 0 Å². The van der Waals surface area contributed by atoms with Gasteiger partial charge in [0, 0.05) is 12.5 Å². The number of hydrogen-bond donors (Lipinski definition) is 3. The zero-order valence-electron chi connectivity index (χ0n) is 12.3. The van der Waals surface area contributed by atoms with Crippen molar-refractivity contribution >= 4 is 20.0 Å². The first-order valence-corrected chi connectivity index (χ1v) is 8.47. The molecule has 0 saturated heterocycles. The highest BCUT2D eigenvalue weighted by atomic mass is 31.2. The molecule has 0 aromatic heterocycles. The maximum absolute atomic E-state index is 11.6. The van der Waals surface area contributed by atoms with Gasteiger partial charge in [-0.25, -0.2) is 9.36 Å². The quantitative estimate of drug-likeness (QED) is 0.519. The fraction of sp³-hybridized carbons (Fsp3) is 0.267. The van der Waals surface area contributed by atoms with E-state index in [-0.39, 0.29) is 25.7 Å². The maximum atomic E-state index is 11.6. The van der Waals surface area contributed by atoms with E-state index in [0.717, 1.165) is 16.7 Å². The van der Waals surface area contributed by atoms with Crippen LogP contribution in [0.4, 0.5) is 4.79 Å². The number of rotatable bonds is 7. The van der Waals surface area contributed by atoms with Crippen LogP contribution in [0.3, 0.4) is 0 Å². The summed E-state index contributed by atoms with van der Waals surface area (Å²) in [7, 11) is -4.52. The van der Waals surface area contributed by atoms with Gasteiger partial charge in [-0.1, -0.05) is 43.0 Å². The number of phosphoric acid groups is 1.